The predicted octanol–water partition coefficient (Wildman–Crippen LogP) is 2.92. The summed E-state index contributed by atoms with van der Waals surface area (Å²) in [6.45, 7) is 2.02. The van der Waals surface area contributed by atoms with Gasteiger partial charge in [-0.2, -0.15) is 0 Å². The summed E-state index contributed by atoms with van der Waals surface area (Å²) < 4.78 is 12.8. The topological polar surface area (TPSA) is 0 Å². The van der Waals surface area contributed by atoms with Crippen molar-refractivity contribution in [3.8, 4) is 0 Å². The van der Waals surface area contributed by atoms with Crippen molar-refractivity contribution in [1.29, 1.82) is 0 Å². The molecule has 2 atom stereocenters. The highest BCUT2D eigenvalue weighted by molar-refractivity contribution is 4.68. The molecular weight excluding hydrogens is 115 g/mol. The van der Waals surface area contributed by atoms with Crippen LogP contribution in [0.4, 0.5) is 4.39 Å². The summed E-state index contributed by atoms with van der Waals surface area (Å²) in [7, 11) is 0. The Kier molecular flexibility index (Phi) is 2.49. The third-order valence-electron chi connectivity index (χ3n) is 2.26. The zero-order chi connectivity index (χ0) is 6.69. The molecule has 1 rings (SSSR count). The van der Waals surface area contributed by atoms with Gasteiger partial charge in [-0.15, -0.1) is 0 Å². The Hall–Kier alpha value is -0.0700. The van der Waals surface area contributed by atoms with Gasteiger partial charge in [0, 0.05) is 0 Å². The highest BCUT2D eigenvalue weighted by Crippen LogP contribution is 2.24. The maximum atomic E-state index is 12.8. The molecule has 0 aromatic heterocycles. The van der Waals surface area contributed by atoms with E-state index < -0.39 is 6.17 Å². The average Bonchev–Trinajstić information content (AvgIpc) is 1.99. The van der Waals surface area contributed by atoms with Gasteiger partial charge in [0.15, 0.2) is 0 Å². The van der Waals surface area contributed by atoms with Crippen LogP contribution in [-0.4, -0.2) is 6.17 Å². The molecule has 1 aliphatic carbocycles. The number of hydrogen-bond donors (Lipinski definition) is 0. The fourth-order valence-electron chi connectivity index (χ4n) is 1.45. The van der Waals surface area contributed by atoms with E-state index in [9.17, 15) is 4.39 Å². The lowest BCUT2D eigenvalue weighted by Crippen LogP contribution is -2.09. The molecule has 1 aliphatic rings. The van der Waals surface area contributed by atoms with Crippen molar-refractivity contribution in [2.75, 3.05) is 0 Å². The monoisotopic (exact) mass is 130 g/mol. The van der Waals surface area contributed by atoms with Crippen LogP contribution in [-0.2, 0) is 0 Å². The Morgan fingerprint density at radius 3 is 2.56 bits per heavy atom. The van der Waals surface area contributed by atoms with Crippen LogP contribution in [0.2, 0.25) is 0 Å². The minimum absolute atomic E-state index is 0.326. The number of rotatable bonds is 0. The van der Waals surface area contributed by atoms with Crippen molar-refractivity contribution in [3.63, 3.8) is 0 Å². The van der Waals surface area contributed by atoms with E-state index in [0.717, 1.165) is 19.3 Å². The quantitative estimate of drug-likeness (QED) is 0.442. The van der Waals surface area contributed by atoms with Gasteiger partial charge in [-0.25, -0.2) is 4.39 Å². The van der Waals surface area contributed by atoms with Crippen LogP contribution in [0.1, 0.15) is 39.0 Å². The van der Waals surface area contributed by atoms with Crippen LogP contribution >= 0.6 is 0 Å². The van der Waals surface area contributed by atoms with E-state index in [4.69, 9.17) is 0 Å². The van der Waals surface area contributed by atoms with Gasteiger partial charge < -0.3 is 0 Å². The first-order valence-corrected chi connectivity index (χ1v) is 3.95. The molecule has 0 aromatic rings. The van der Waals surface area contributed by atoms with E-state index in [1.54, 1.807) is 0 Å². The first-order chi connectivity index (χ1) is 4.30. The average molecular weight is 130 g/mol. The van der Waals surface area contributed by atoms with Crippen molar-refractivity contribution in [3.05, 3.63) is 0 Å². The maximum Gasteiger partial charge on any atom is 0.103 e. The first-order valence-electron chi connectivity index (χ1n) is 3.95. The predicted molar refractivity (Wildman–Crippen MR) is 37.1 cm³/mol. The minimum Gasteiger partial charge on any atom is -0.247 e. The third-order valence-corrected chi connectivity index (χ3v) is 2.26. The molecule has 0 spiro atoms. The van der Waals surface area contributed by atoms with Gasteiger partial charge in [-0.3, -0.25) is 0 Å². The van der Waals surface area contributed by atoms with Crippen LogP contribution in [0, 0.1) is 5.92 Å². The number of halogens is 1. The van der Waals surface area contributed by atoms with Crippen LogP contribution < -0.4 is 0 Å². The summed E-state index contributed by atoms with van der Waals surface area (Å²) in [6, 6.07) is 0. The Morgan fingerprint density at radius 1 is 1.11 bits per heavy atom. The van der Waals surface area contributed by atoms with Gasteiger partial charge in [0.05, 0.1) is 0 Å². The Bertz CT molecular complexity index is 70.6. The molecule has 0 heterocycles. The molecule has 0 N–H and O–H groups in total. The standard InChI is InChI=1S/C8H15F/c1-7-5-3-2-4-6-8(7)9/h7-8H,2-6H2,1H3. The fraction of sp³-hybridized carbons (Fsp3) is 1.00. The smallest absolute Gasteiger partial charge is 0.103 e. The zero-order valence-corrected chi connectivity index (χ0v) is 6.07. The van der Waals surface area contributed by atoms with Crippen molar-refractivity contribution in [2.24, 2.45) is 5.92 Å². The van der Waals surface area contributed by atoms with Crippen LogP contribution in [0.25, 0.3) is 0 Å². The van der Waals surface area contributed by atoms with E-state index in [2.05, 4.69) is 0 Å². The van der Waals surface area contributed by atoms with Crippen LogP contribution in [0.15, 0.2) is 0 Å². The molecule has 0 nitrogen and oxygen atoms in total. The molecule has 1 saturated carbocycles. The zero-order valence-electron chi connectivity index (χ0n) is 6.07. The van der Waals surface area contributed by atoms with E-state index in [1.807, 2.05) is 6.92 Å². The van der Waals surface area contributed by atoms with Crippen LogP contribution in [0.5, 0.6) is 0 Å². The lowest BCUT2D eigenvalue weighted by Gasteiger charge is -2.10. The highest BCUT2D eigenvalue weighted by atomic mass is 19.1. The van der Waals surface area contributed by atoms with Gasteiger partial charge in [-0.1, -0.05) is 26.2 Å². The molecule has 2 unspecified atom stereocenters. The van der Waals surface area contributed by atoms with Crippen molar-refractivity contribution in [1.82, 2.24) is 0 Å². The normalized spacial score (nSPS) is 38.0. The number of alkyl halides is 1. The van der Waals surface area contributed by atoms with E-state index in [-0.39, 0.29) is 0 Å². The van der Waals surface area contributed by atoms with E-state index in [0.29, 0.717) is 5.92 Å². The maximum absolute atomic E-state index is 12.8. The van der Waals surface area contributed by atoms with Gasteiger partial charge in [0.25, 0.3) is 0 Å². The summed E-state index contributed by atoms with van der Waals surface area (Å²) in [5, 5.41) is 0. The number of hydrogen-bond acceptors (Lipinski definition) is 0. The molecular formula is C8H15F. The lowest BCUT2D eigenvalue weighted by molar-refractivity contribution is 0.229. The third kappa shape index (κ3) is 1.96. The van der Waals surface area contributed by atoms with E-state index in [1.165, 1.54) is 12.8 Å². The van der Waals surface area contributed by atoms with Gasteiger partial charge >= 0.3 is 0 Å². The molecule has 9 heavy (non-hydrogen) atoms. The van der Waals surface area contributed by atoms with Gasteiger partial charge in [0.1, 0.15) is 6.17 Å². The van der Waals surface area contributed by atoms with Crippen molar-refractivity contribution in [2.45, 2.75) is 45.2 Å². The van der Waals surface area contributed by atoms with Gasteiger partial charge in [0.2, 0.25) is 0 Å². The summed E-state index contributed by atoms with van der Waals surface area (Å²) in [5.41, 5.74) is 0. The molecule has 0 aromatic carbocycles. The SMILES string of the molecule is CC1CCCCCC1F. The summed E-state index contributed by atoms with van der Waals surface area (Å²) >= 11 is 0. The summed E-state index contributed by atoms with van der Waals surface area (Å²) in [4.78, 5) is 0. The second-order valence-electron chi connectivity index (χ2n) is 3.13. The second kappa shape index (κ2) is 3.19. The second-order valence-corrected chi connectivity index (χ2v) is 3.13. The molecule has 1 heteroatoms. The largest absolute Gasteiger partial charge is 0.247 e. The summed E-state index contributed by atoms with van der Waals surface area (Å²) in [5.74, 6) is 0.326. The molecule has 54 valence electrons. The fourth-order valence-corrected chi connectivity index (χ4v) is 1.45. The lowest BCUT2D eigenvalue weighted by atomic mass is 10.0. The Labute approximate surface area is 56.5 Å². The van der Waals surface area contributed by atoms with Gasteiger partial charge in [-0.05, 0) is 18.8 Å². The van der Waals surface area contributed by atoms with Crippen molar-refractivity contribution < 1.29 is 4.39 Å². The molecule has 0 aliphatic heterocycles. The minimum atomic E-state index is -0.507. The molecule has 0 bridgehead atoms. The van der Waals surface area contributed by atoms with Crippen LogP contribution in [0.3, 0.4) is 0 Å². The Balaban J connectivity index is 2.32. The van der Waals surface area contributed by atoms with E-state index >= 15 is 0 Å². The molecule has 1 fully saturated rings. The Morgan fingerprint density at radius 2 is 1.78 bits per heavy atom. The highest BCUT2D eigenvalue weighted by Gasteiger charge is 2.17. The molecule has 0 saturated heterocycles. The molecule has 0 amide bonds. The summed E-state index contributed by atoms with van der Waals surface area (Å²) in [6.07, 6.45) is 4.98. The first kappa shape index (κ1) is 7.04. The van der Waals surface area contributed by atoms with Crippen molar-refractivity contribution >= 4 is 0 Å². The molecule has 0 radical (unpaired) electrons.